The molecule has 33 heavy (non-hydrogen) atoms. The van der Waals surface area contributed by atoms with Crippen molar-refractivity contribution in [2.45, 2.75) is 45.3 Å². The third-order valence-corrected chi connectivity index (χ3v) is 5.74. The van der Waals surface area contributed by atoms with Crippen LogP contribution in [-0.4, -0.2) is 38.8 Å². The predicted molar refractivity (Wildman–Crippen MR) is 129 cm³/mol. The van der Waals surface area contributed by atoms with Crippen molar-refractivity contribution < 1.29 is 19.5 Å². The van der Waals surface area contributed by atoms with Gasteiger partial charge >= 0.3 is 5.97 Å². The average molecular weight is 490 g/mol. The lowest BCUT2D eigenvalue weighted by Gasteiger charge is -2.35. The van der Waals surface area contributed by atoms with Gasteiger partial charge in [0.1, 0.15) is 11.7 Å². The fraction of sp³-hybridized carbons (Fsp3) is 0.292. The lowest BCUT2D eigenvalue weighted by molar-refractivity contribution is -0.136. The van der Waals surface area contributed by atoms with Gasteiger partial charge in [0.25, 0.3) is 0 Å². The molecule has 0 spiro atoms. The molecule has 0 saturated heterocycles. The average Bonchev–Trinajstić information content (AvgIpc) is 3.09. The van der Waals surface area contributed by atoms with E-state index in [2.05, 4.69) is 10.3 Å². The largest absolute Gasteiger partial charge is 0.477 e. The number of carbonyl (C=O) groups excluding carboxylic acids is 2. The summed E-state index contributed by atoms with van der Waals surface area (Å²) in [5.74, 6) is -1.76. The molecule has 3 aromatic rings. The van der Waals surface area contributed by atoms with Crippen LogP contribution in [0.1, 0.15) is 61.4 Å². The number of halogens is 2. The lowest BCUT2D eigenvalue weighted by atomic mass is 9.96. The van der Waals surface area contributed by atoms with Crippen molar-refractivity contribution in [1.82, 2.24) is 15.2 Å². The van der Waals surface area contributed by atoms with Crippen molar-refractivity contribution in [2.75, 3.05) is 0 Å². The molecule has 9 heteroatoms. The summed E-state index contributed by atoms with van der Waals surface area (Å²) in [6.45, 7) is 7.19. The number of amides is 2. The quantitative estimate of drug-likeness (QED) is 0.389. The van der Waals surface area contributed by atoms with Crippen molar-refractivity contribution in [3.63, 3.8) is 0 Å². The number of carbonyl (C=O) groups is 3. The number of nitrogens with zero attached hydrogens (tertiary/aromatic N) is 1. The second-order valence-corrected chi connectivity index (χ2v) is 9.70. The smallest absolute Gasteiger partial charge is 0.352 e. The molecule has 0 aliphatic rings. The Kier molecular flexibility index (Phi) is 7.05. The number of aromatic nitrogens is 1. The Balaban J connectivity index is 2.25. The molecule has 2 amide bonds. The van der Waals surface area contributed by atoms with Crippen LogP contribution in [0.2, 0.25) is 10.0 Å². The van der Waals surface area contributed by atoms with Crippen LogP contribution in [0.15, 0.2) is 42.5 Å². The minimum absolute atomic E-state index is 0.184. The number of nitrogens with one attached hydrogen (secondary N) is 2. The first-order valence-electron chi connectivity index (χ1n) is 10.3. The summed E-state index contributed by atoms with van der Waals surface area (Å²) in [7, 11) is 0. The highest BCUT2D eigenvalue weighted by atomic mass is 35.5. The first-order chi connectivity index (χ1) is 15.4. The summed E-state index contributed by atoms with van der Waals surface area (Å²) in [5.41, 5.74) is 0.570. The van der Waals surface area contributed by atoms with Gasteiger partial charge in [-0.2, -0.15) is 0 Å². The summed E-state index contributed by atoms with van der Waals surface area (Å²) in [6.07, 6.45) is 0.562. The molecule has 0 aliphatic carbocycles. The Morgan fingerprint density at radius 3 is 2.24 bits per heavy atom. The van der Waals surface area contributed by atoms with Gasteiger partial charge in [-0.15, -0.1) is 0 Å². The number of benzene rings is 2. The monoisotopic (exact) mass is 489 g/mol. The Hall–Kier alpha value is -3.03. The van der Waals surface area contributed by atoms with Gasteiger partial charge in [-0.3, -0.25) is 9.59 Å². The number of aromatic carboxylic acids is 1. The van der Waals surface area contributed by atoms with E-state index in [0.29, 0.717) is 27.4 Å². The predicted octanol–water partition coefficient (Wildman–Crippen LogP) is 5.35. The van der Waals surface area contributed by atoms with Crippen molar-refractivity contribution in [2.24, 2.45) is 0 Å². The minimum Gasteiger partial charge on any atom is -0.477 e. The molecule has 7 nitrogen and oxygen atoms in total. The van der Waals surface area contributed by atoms with Crippen molar-refractivity contribution >= 4 is 52.4 Å². The summed E-state index contributed by atoms with van der Waals surface area (Å²) < 4.78 is 0. The molecule has 0 bridgehead atoms. The molecule has 0 aliphatic heterocycles. The van der Waals surface area contributed by atoms with Crippen LogP contribution >= 0.6 is 23.2 Å². The highest BCUT2D eigenvalue weighted by molar-refractivity contribution is 6.31. The van der Waals surface area contributed by atoms with Crippen LogP contribution < -0.4 is 5.32 Å². The lowest BCUT2D eigenvalue weighted by Crippen LogP contribution is -2.48. The topological polar surface area (TPSA) is 102 Å². The maximum absolute atomic E-state index is 13.6. The molecule has 2 aromatic carbocycles. The van der Waals surface area contributed by atoms with Gasteiger partial charge in [0.2, 0.25) is 12.3 Å². The van der Waals surface area contributed by atoms with Crippen molar-refractivity contribution in [3.05, 3.63) is 69.3 Å². The molecule has 1 heterocycles. The van der Waals surface area contributed by atoms with Gasteiger partial charge in [-0.1, -0.05) is 41.4 Å². The van der Waals surface area contributed by atoms with Gasteiger partial charge in [-0.05, 0) is 57.5 Å². The van der Waals surface area contributed by atoms with Gasteiger partial charge < -0.3 is 20.3 Å². The number of carboxylic acid groups (broad SMARTS) is 1. The highest BCUT2D eigenvalue weighted by Crippen LogP contribution is 2.37. The van der Waals surface area contributed by atoms with E-state index in [-0.39, 0.29) is 11.3 Å². The molecule has 3 rings (SSSR count). The molecular weight excluding hydrogens is 465 g/mol. The first kappa shape index (κ1) is 24.6. The summed E-state index contributed by atoms with van der Waals surface area (Å²) in [5, 5.41) is 14.2. The van der Waals surface area contributed by atoms with Crippen LogP contribution in [0.5, 0.6) is 0 Å². The highest BCUT2D eigenvalue weighted by Gasteiger charge is 2.37. The maximum atomic E-state index is 13.6. The van der Waals surface area contributed by atoms with Crippen LogP contribution in [0, 0.1) is 0 Å². The van der Waals surface area contributed by atoms with Crippen molar-refractivity contribution in [1.29, 1.82) is 0 Å². The SMILES string of the molecule is CC(c1ccc(Cl)cc1)N(C=O)C(C(=O)NC(C)(C)C)c1c(C(=O)O)[nH]c2cc(Cl)ccc12. The van der Waals surface area contributed by atoms with E-state index in [9.17, 15) is 19.5 Å². The Morgan fingerprint density at radius 1 is 1.09 bits per heavy atom. The number of H-pyrrole nitrogens is 1. The number of fused-ring (bicyclic) bond motifs is 1. The number of aromatic amines is 1. The fourth-order valence-corrected chi connectivity index (χ4v) is 4.08. The van der Waals surface area contributed by atoms with E-state index >= 15 is 0 Å². The molecule has 1 aromatic heterocycles. The molecule has 174 valence electrons. The van der Waals surface area contributed by atoms with Crippen LogP contribution in [-0.2, 0) is 9.59 Å². The third kappa shape index (κ3) is 5.31. The van der Waals surface area contributed by atoms with Crippen molar-refractivity contribution in [3.8, 4) is 0 Å². The first-order valence-corrected chi connectivity index (χ1v) is 11.0. The minimum atomic E-state index is -1.25. The second kappa shape index (κ2) is 9.45. The van der Waals surface area contributed by atoms with E-state index in [1.54, 1.807) is 49.4 Å². The summed E-state index contributed by atoms with van der Waals surface area (Å²) in [6, 6.07) is 9.95. The van der Waals surface area contributed by atoms with Crippen LogP contribution in [0.4, 0.5) is 0 Å². The van der Waals surface area contributed by atoms with Crippen LogP contribution in [0.25, 0.3) is 10.9 Å². The zero-order valence-electron chi connectivity index (χ0n) is 18.6. The van der Waals surface area contributed by atoms with E-state index in [1.807, 2.05) is 20.8 Å². The third-order valence-electron chi connectivity index (χ3n) is 5.25. The Labute approximate surface area is 201 Å². The fourth-order valence-electron chi connectivity index (χ4n) is 3.79. The number of rotatable bonds is 7. The van der Waals surface area contributed by atoms with E-state index < -0.39 is 29.5 Å². The molecule has 2 unspecified atom stereocenters. The number of hydrogen-bond acceptors (Lipinski definition) is 3. The normalized spacial score (nSPS) is 13.4. The van der Waals surface area contributed by atoms with Gasteiger partial charge in [0.05, 0.1) is 6.04 Å². The Bertz CT molecular complexity index is 1200. The zero-order valence-corrected chi connectivity index (χ0v) is 20.2. The second-order valence-electron chi connectivity index (χ2n) is 8.83. The number of hydrogen-bond donors (Lipinski definition) is 3. The molecular formula is C24H25Cl2N3O4. The van der Waals surface area contributed by atoms with Gasteiger partial charge in [0.15, 0.2) is 0 Å². The van der Waals surface area contributed by atoms with E-state index in [0.717, 1.165) is 5.56 Å². The standard InChI is InChI=1S/C24H25Cl2N3O4/c1-13(14-5-7-15(25)8-6-14)29(12-30)21(22(31)28-24(2,3)4)19-17-10-9-16(26)11-18(17)27-20(19)23(32)33/h5-13,21,27H,1-4H3,(H,28,31)(H,32,33). The van der Waals surface area contributed by atoms with E-state index in [1.165, 1.54) is 4.90 Å². The summed E-state index contributed by atoms with van der Waals surface area (Å²) >= 11 is 12.1. The molecule has 2 atom stereocenters. The van der Waals surface area contributed by atoms with Gasteiger partial charge in [0, 0.05) is 32.1 Å². The molecule has 3 N–H and O–H groups in total. The maximum Gasteiger partial charge on any atom is 0.352 e. The Morgan fingerprint density at radius 2 is 1.70 bits per heavy atom. The van der Waals surface area contributed by atoms with Crippen LogP contribution in [0.3, 0.4) is 0 Å². The molecule has 0 radical (unpaired) electrons. The van der Waals surface area contributed by atoms with E-state index in [4.69, 9.17) is 23.2 Å². The zero-order chi connectivity index (χ0) is 24.5. The van der Waals surface area contributed by atoms with Gasteiger partial charge in [-0.25, -0.2) is 4.79 Å². The summed E-state index contributed by atoms with van der Waals surface area (Å²) in [4.78, 5) is 42.3. The molecule has 0 fully saturated rings. The number of carboxylic acids is 1. The molecule has 0 saturated carbocycles.